The quantitative estimate of drug-likeness (QED) is 0.478. The lowest BCUT2D eigenvalue weighted by molar-refractivity contribution is 0.565. The number of imidazole rings is 1. The van der Waals surface area contributed by atoms with E-state index in [1.54, 1.807) is 16.8 Å². The van der Waals surface area contributed by atoms with Crippen molar-refractivity contribution in [2.75, 3.05) is 0 Å². The summed E-state index contributed by atoms with van der Waals surface area (Å²) in [7, 11) is 0. The van der Waals surface area contributed by atoms with Gasteiger partial charge in [0.15, 0.2) is 0 Å². The van der Waals surface area contributed by atoms with E-state index < -0.39 is 0 Å². The summed E-state index contributed by atoms with van der Waals surface area (Å²) in [5.74, 6) is 0.599. The molecule has 0 bridgehead atoms. The van der Waals surface area contributed by atoms with Gasteiger partial charge in [-0.3, -0.25) is 4.40 Å². The van der Waals surface area contributed by atoms with Crippen molar-refractivity contribution < 1.29 is 4.79 Å². The van der Waals surface area contributed by atoms with Crippen LogP contribution in [-0.4, -0.2) is 20.4 Å². The lowest BCUT2D eigenvalue weighted by Gasteiger charge is -1.94. The van der Waals surface area contributed by atoms with Gasteiger partial charge in [-0.25, -0.2) is 14.8 Å². The van der Waals surface area contributed by atoms with Crippen LogP contribution in [-0.2, 0) is 4.79 Å². The number of aromatic nitrogens is 3. The summed E-state index contributed by atoms with van der Waals surface area (Å²) in [5.41, 5.74) is 1.43. The number of carbonyl (C=O) groups excluding carboxylic acids is 1. The lowest BCUT2D eigenvalue weighted by atomic mass is 10.5. The van der Waals surface area contributed by atoms with Gasteiger partial charge in [0.1, 0.15) is 5.69 Å². The van der Waals surface area contributed by atoms with E-state index >= 15 is 0 Å². The summed E-state index contributed by atoms with van der Waals surface area (Å²) in [6.45, 7) is 1.90. The van der Waals surface area contributed by atoms with Gasteiger partial charge in [0.25, 0.3) is 0 Å². The van der Waals surface area contributed by atoms with Gasteiger partial charge < -0.3 is 0 Å². The highest BCUT2D eigenvalue weighted by molar-refractivity contribution is 5.48. The molecule has 5 heteroatoms. The molecule has 2 aromatic heterocycles. The van der Waals surface area contributed by atoms with Gasteiger partial charge in [0.05, 0.1) is 12.4 Å². The lowest BCUT2D eigenvalue weighted by Crippen LogP contribution is -1.88. The largest absolute Gasteiger partial charge is 0.286 e. The van der Waals surface area contributed by atoms with Crippen molar-refractivity contribution >= 4 is 17.5 Å². The van der Waals surface area contributed by atoms with Crippen LogP contribution in [0.5, 0.6) is 0 Å². The van der Waals surface area contributed by atoms with Crippen LogP contribution in [0.25, 0.3) is 5.78 Å². The van der Waals surface area contributed by atoms with Crippen LogP contribution >= 0.6 is 0 Å². The molecule has 0 saturated carbocycles. The maximum absolute atomic E-state index is 9.99. The number of isocyanates is 1. The number of aliphatic imine (C=N–C) groups is 1. The number of hydrogen-bond donors (Lipinski definition) is 0. The fraction of sp³-hybridized carbons (Fsp3) is 0.125. The van der Waals surface area contributed by atoms with E-state index in [1.165, 1.54) is 12.3 Å². The zero-order valence-electron chi connectivity index (χ0n) is 6.93. The molecule has 0 fully saturated rings. The summed E-state index contributed by atoms with van der Waals surface area (Å²) in [4.78, 5) is 21.5. The first-order valence-electron chi connectivity index (χ1n) is 3.69. The second kappa shape index (κ2) is 2.80. The van der Waals surface area contributed by atoms with E-state index in [9.17, 15) is 4.79 Å². The first-order chi connectivity index (χ1) is 6.31. The summed E-state index contributed by atoms with van der Waals surface area (Å²) < 4.78 is 1.76. The number of aryl methyl sites for hydroxylation is 1. The number of hydrogen-bond acceptors (Lipinski definition) is 4. The van der Waals surface area contributed by atoms with Gasteiger partial charge >= 0.3 is 0 Å². The second-order valence-electron chi connectivity index (χ2n) is 2.58. The fourth-order valence-corrected chi connectivity index (χ4v) is 1.09. The van der Waals surface area contributed by atoms with Crippen LogP contribution in [0.1, 0.15) is 5.69 Å². The molecule has 0 saturated heterocycles. The molecule has 0 aliphatic carbocycles. The second-order valence-corrected chi connectivity index (χ2v) is 2.58. The molecule has 13 heavy (non-hydrogen) atoms. The standard InChI is InChI=1S/C8H6N4O/c1-6-2-9-8-10-3-7(11-5-13)4-12(6)8/h2-4H,1H3. The predicted octanol–water partition coefficient (Wildman–Crippen LogP) is 1.01. The average molecular weight is 174 g/mol. The Bertz CT molecular complexity index is 496. The molecule has 64 valence electrons. The summed E-state index contributed by atoms with van der Waals surface area (Å²) in [6.07, 6.45) is 6.34. The Labute approximate surface area is 73.8 Å². The SMILES string of the molecule is Cc1cnc2ncc(N=C=O)cn12. The van der Waals surface area contributed by atoms with Gasteiger partial charge in [-0.1, -0.05) is 0 Å². The van der Waals surface area contributed by atoms with Crippen molar-refractivity contribution in [3.05, 3.63) is 24.3 Å². The van der Waals surface area contributed by atoms with Crippen LogP contribution in [0.4, 0.5) is 5.69 Å². The Morgan fingerprint density at radius 3 is 3.00 bits per heavy atom. The molecule has 0 spiro atoms. The molecule has 0 aliphatic heterocycles. The van der Waals surface area contributed by atoms with Gasteiger partial charge in [-0.05, 0) is 6.92 Å². The fourth-order valence-electron chi connectivity index (χ4n) is 1.09. The molecule has 0 amide bonds. The Morgan fingerprint density at radius 1 is 1.46 bits per heavy atom. The van der Waals surface area contributed by atoms with Crippen molar-refractivity contribution in [2.45, 2.75) is 6.92 Å². The van der Waals surface area contributed by atoms with Gasteiger partial charge in [-0.2, -0.15) is 4.99 Å². The van der Waals surface area contributed by atoms with Crippen LogP contribution < -0.4 is 0 Å². The normalized spacial score (nSPS) is 9.92. The van der Waals surface area contributed by atoms with E-state index in [-0.39, 0.29) is 0 Å². The summed E-state index contributed by atoms with van der Waals surface area (Å²) in [5, 5.41) is 0. The molecular weight excluding hydrogens is 168 g/mol. The van der Waals surface area contributed by atoms with Crippen LogP contribution in [0, 0.1) is 6.92 Å². The van der Waals surface area contributed by atoms with E-state index in [2.05, 4.69) is 15.0 Å². The molecule has 2 heterocycles. The first-order valence-corrected chi connectivity index (χ1v) is 3.69. The third-order valence-electron chi connectivity index (χ3n) is 1.71. The molecule has 0 radical (unpaired) electrons. The predicted molar refractivity (Wildman–Crippen MR) is 45.5 cm³/mol. The molecule has 2 rings (SSSR count). The minimum Gasteiger partial charge on any atom is -0.286 e. The maximum Gasteiger partial charge on any atom is 0.240 e. The van der Waals surface area contributed by atoms with Crippen molar-refractivity contribution in [1.82, 2.24) is 14.4 Å². The smallest absolute Gasteiger partial charge is 0.240 e. The summed E-state index contributed by atoms with van der Waals surface area (Å²) in [6, 6.07) is 0. The van der Waals surface area contributed by atoms with E-state index in [4.69, 9.17) is 0 Å². The van der Waals surface area contributed by atoms with E-state index in [1.807, 2.05) is 6.92 Å². The van der Waals surface area contributed by atoms with Crippen LogP contribution in [0.2, 0.25) is 0 Å². The van der Waals surface area contributed by atoms with Crippen molar-refractivity contribution in [2.24, 2.45) is 4.99 Å². The molecule has 2 aromatic rings. The van der Waals surface area contributed by atoms with Crippen LogP contribution in [0.3, 0.4) is 0 Å². The molecular formula is C8H6N4O. The molecule has 0 unspecified atom stereocenters. The third kappa shape index (κ3) is 1.21. The Balaban J connectivity index is 2.72. The minimum absolute atomic E-state index is 0.476. The zero-order valence-corrected chi connectivity index (χ0v) is 6.93. The van der Waals surface area contributed by atoms with Crippen molar-refractivity contribution in [3.8, 4) is 0 Å². The molecule has 0 aromatic carbocycles. The van der Waals surface area contributed by atoms with E-state index in [0.29, 0.717) is 11.5 Å². The highest BCUT2D eigenvalue weighted by Crippen LogP contribution is 2.11. The third-order valence-corrected chi connectivity index (χ3v) is 1.71. The number of nitrogens with zero attached hydrogens (tertiary/aromatic N) is 4. The van der Waals surface area contributed by atoms with Gasteiger partial charge in [-0.15, -0.1) is 0 Å². The van der Waals surface area contributed by atoms with Gasteiger partial charge in [0.2, 0.25) is 11.9 Å². The van der Waals surface area contributed by atoms with Crippen molar-refractivity contribution in [1.29, 1.82) is 0 Å². The minimum atomic E-state index is 0.476. The van der Waals surface area contributed by atoms with E-state index in [0.717, 1.165) is 5.69 Å². The zero-order chi connectivity index (χ0) is 9.26. The monoisotopic (exact) mass is 174 g/mol. The molecule has 0 aliphatic rings. The van der Waals surface area contributed by atoms with Crippen LogP contribution in [0.15, 0.2) is 23.6 Å². The Kier molecular flexibility index (Phi) is 1.65. The van der Waals surface area contributed by atoms with Gasteiger partial charge in [0, 0.05) is 11.9 Å². The Morgan fingerprint density at radius 2 is 2.23 bits per heavy atom. The first kappa shape index (κ1) is 7.64. The molecule has 5 nitrogen and oxygen atoms in total. The topological polar surface area (TPSA) is 59.6 Å². The average Bonchev–Trinajstić information content (AvgIpc) is 2.49. The molecule has 0 atom stereocenters. The highest BCUT2D eigenvalue weighted by Gasteiger charge is 1.99. The van der Waals surface area contributed by atoms with Crippen molar-refractivity contribution in [3.63, 3.8) is 0 Å². The molecule has 0 N–H and O–H groups in total. The highest BCUT2D eigenvalue weighted by atomic mass is 16.1. The Hall–Kier alpha value is -2.00. The number of rotatable bonds is 1. The maximum atomic E-state index is 9.99. The number of fused-ring (bicyclic) bond motifs is 1. The summed E-state index contributed by atoms with van der Waals surface area (Å²) >= 11 is 0.